The summed E-state index contributed by atoms with van der Waals surface area (Å²) in [6.07, 6.45) is 28.1. The lowest BCUT2D eigenvalue weighted by Crippen LogP contribution is -2.39. The van der Waals surface area contributed by atoms with E-state index in [0.29, 0.717) is 5.75 Å². The van der Waals surface area contributed by atoms with Gasteiger partial charge in [0.2, 0.25) is 5.69 Å². The first-order chi connectivity index (χ1) is 18.4. The van der Waals surface area contributed by atoms with Gasteiger partial charge in [0.1, 0.15) is 11.4 Å². The summed E-state index contributed by atoms with van der Waals surface area (Å²) in [7, 11) is 0. The highest BCUT2D eigenvalue weighted by Crippen LogP contribution is 2.53. The Bertz CT molecular complexity index is 671. The summed E-state index contributed by atoms with van der Waals surface area (Å²) in [5, 5.41) is 0. The summed E-state index contributed by atoms with van der Waals surface area (Å²) in [5.41, 5.74) is -3.73. The Labute approximate surface area is 245 Å². The zero-order valence-corrected chi connectivity index (χ0v) is 27.2. The molecule has 0 bridgehead atoms. The Morgan fingerprint density at radius 3 is 1.37 bits per heavy atom. The number of hydrogen-bond donors (Lipinski definition) is 2. The third-order valence-corrected chi connectivity index (χ3v) is 10.9. The molecule has 0 aromatic heterocycles. The summed E-state index contributed by atoms with van der Waals surface area (Å²) >= 11 is 6.12. The molecular weight excluding hydrogens is 527 g/mol. The van der Waals surface area contributed by atoms with E-state index < -0.39 is 11.3 Å². The molecular formula is C32H59O3PS2. The third-order valence-electron chi connectivity index (χ3n) is 7.55. The van der Waals surface area contributed by atoms with Gasteiger partial charge in [-0.2, -0.15) is 0 Å². The molecule has 2 N–H and O–H groups in total. The van der Waals surface area contributed by atoms with Gasteiger partial charge in [0, 0.05) is 5.75 Å². The molecule has 3 nitrogen and oxygen atoms in total. The molecule has 1 rings (SSSR count). The SMILES string of the molecule is CCCCCCCCCCCCC(CCCCCCCCCCCC)(CSP(O)(O)=S)Oc1ccccc1. The van der Waals surface area contributed by atoms with Crippen LogP contribution in [-0.4, -0.2) is 21.1 Å². The lowest BCUT2D eigenvalue weighted by Gasteiger charge is -2.35. The largest absolute Gasteiger partial charge is 0.486 e. The van der Waals surface area contributed by atoms with Crippen LogP contribution in [0.2, 0.25) is 0 Å². The van der Waals surface area contributed by atoms with Crippen molar-refractivity contribution in [3.8, 4) is 5.75 Å². The van der Waals surface area contributed by atoms with Crippen LogP contribution in [-0.2, 0) is 11.8 Å². The monoisotopic (exact) mass is 586 g/mol. The number of unbranched alkanes of at least 4 members (excludes halogenated alkanes) is 18. The lowest BCUT2D eigenvalue weighted by molar-refractivity contribution is 0.0687. The van der Waals surface area contributed by atoms with E-state index in [0.717, 1.165) is 42.8 Å². The Hall–Kier alpha value is -0.0600. The summed E-state index contributed by atoms with van der Waals surface area (Å²) in [6, 6.07) is 10.1. The van der Waals surface area contributed by atoms with Crippen LogP contribution in [0, 0.1) is 0 Å². The van der Waals surface area contributed by atoms with E-state index in [1.54, 1.807) is 0 Å². The molecule has 0 radical (unpaired) electrons. The summed E-state index contributed by atoms with van der Waals surface area (Å²) in [5.74, 6) is 1.41. The van der Waals surface area contributed by atoms with E-state index in [2.05, 4.69) is 13.8 Å². The average molecular weight is 587 g/mol. The zero-order chi connectivity index (χ0) is 27.8. The molecule has 0 atom stereocenters. The van der Waals surface area contributed by atoms with Gasteiger partial charge in [-0.3, -0.25) is 0 Å². The first-order valence-corrected chi connectivity index (χ1v) is 20.1. The molecule has 0 aliphatic carbocycles. The number of benzene rings is 1. The molecule has 0 amide bonds. The Kier molecular flexibility index (Phi) is 22.4. The normalized spacial score (nSPS) is 12.2. The van der Waals surface area contributed by atoms with Crippen LogP contribution in [0.3, 0.4) is 0 Å². The van der Waals surface area contributed by atoms with Gasteiger partial charge < -0.3 is 14.5 Å². The maximum atomic E-state index is 10.0. The second-order valence-electron chi connectivity index (χ2n) is 11.2. The quantitative estimate of drug-likeness (QED) is 0.0793. The van der Waals surface area contributed by atoms with Crippen molar-refractivity contribution in [2.24, 2.45) is 0 Å². The van der Waals surface area contributed by atoms with Crippen molar-refractivity contribution in [3.05, 3.63) is 30.3 Å². The number of ether oxygens (including phenoxy) is 1. The van der Waals surface area contributed by atoms with Crippen LogP contribution < -0.4 is 4.74 Å². The number of para-hydroxylation sites is 1. The van der Waals surface area contributed by atoms with Gasteiger partial charge >= 0.3 is 0 Å². The second kappa shape index (κ2) is 23.6. The molecule has 0 saturated heterocycles. The van der Waals surface area contributed by atoms with Crippen molar-refractivity contribution >= 4 is 28.9 Å². The molecule has 0 aliphatic rings. The fourth-order valence-electron chi connectivity index (χ4n) is 5.21. The molecule has 0 aliphatic heterocycles. The van der Waals surface area contributed by atoms with E-state index in [1.807, 2.05) is 30.3 Å². The maximum Gasteiger partial charge on any atom is 0.242 e. The smallest absolute Gasteiger partial charge is 0.242 e. The second-order valence-corrected chi connectivity index (χ2v) is 17.3. The lowest BCUT2D eigenvalue weighted by atomic mass is 9.90. The molecule has 222 valence electrons. The van der Waals surface area contributed by atoms with E-state index in [4.69, 9.17) is 16.5 Å². The molecule has 0 spiro atoms. The minimum absolute atomic E-state index is 0.401. The number of rotatable bonds is 27. The van der Waals surface area contributed by atoms with Crippen molar-refractivity contribution in [2.75, 3.05) is 5.75 Å². The third kappa shape index (κ3) is 20.8. The van der Waals surface area contributed by atoms with E-state index in [9.17, 15) is 9.79 Å². The van der Waals surface area contributed by atoms with Crippen LogP contribution in [0.5, 0.6) is 5.75 Å². The maximum absolute atomic E-state index is 10.0. The van der Waals surface area contributed by atoms with Crippen LogP contribution in [0.15, 0.2) is 30.3 Å². The van der Waals surface area contributed by atoms with Gasteiger partial charge in [-0.1, -0.05) is 159 Å². The van der Waals surface area contributed by atoms with Crippen LogP contribution in [0.4, 0.5) is 0 Å². The predicted octanol–water partition coefficient (Wildman–Crippen LogP) is 11.4. The fourth-order valence-corrected chi connectivity index (χ4v) is 7.65. The molecule has 38 heavy (non-hydrogen) atoms. The standard InChI is InChI=1S/C32H59O3PS2/c1-3-5-7-9-11-13-15-17-19-24-28-32(30-38-36(33,34)37,35-31-26-22-21-23-27-31)29-25-20-18-16-14-12-10-8-6-4-2/h21-23,26-27H,3-20,24-25,28-30H2,1-2H3,(H2,33,34,37). The van der Waals surface area contributed by atoms with Crippen LogP contribution in [0.1, 0.15) is 155 Å². The highest BCUT2D eigenvalue weighted by atomic mass is 32.9. The molecule has 0 fully saturated rings. The van der Waals surface area contributed by atoms with Crippen molar-refractivity contribution < 1.29 is 14.5 Å². The molecule has 1 aromatic carbocycles. The Morgan fingerprint density at radius 1 is 0.632 bits per heavy atom. The van der Waals surface area contributed by atoms with E-state index in [1.165, 1.54) is 116 Å². The average Bonchev–Trinajstić information content (AvgIpc) is 2.90. The predicted molar refractivity (Wildman–Crippen MR) is 174 cm³/mol. The van der Waals surface area contributed by atoms with E-state index >= 15 is 0 Å². The van der Waals surface area contributed by atoms with Gasteiger partial charge in [0.15, 0.2) is 0 Å². The Morgan fingerprint density at radius 2 is 1.00 bits per heavy atom. The highest BCUT2D eigenvalue weighted by molar-refractivity contribution is 8.67. The van der Waals surface area contributed by atoms with Crippen molar-refractivity contribution in [2.45, 2.75) is 161 Å². The van der Waals surface area contributed by atoms with Crippen molar-refractivity contribution in [1.82, 2.24) is 0 Å². The zero-order valence-electron chi connectivity index (χ0n) is 24.7. The summed E-state index contributed by atoms with van der Waals surface area (Å²) in [6.45, 7) is 4.54. The van der Waals surface area contributed by atoms with Crippen LogP contribution >= 0.6 is 17.1 Å². The highest BCUT2D eigenvalue weighted by Gasteiger charge is 2.33. The molecule has 0 saturated carbocycles. The molecule has 0 heterocycles. The Balaban J connectivity index is 2.58. The first kappa shape index (κ1) is 36.0. The topological polar surface area (TPSA) is 49.7 Å². The molecule has 1 aromatic rings. The minimum Gasteiger partial charge on any atom is -0.486 e. The van der Waals surface area contributed by atoms with Gasteiger partial charge in [0.25, 0.3) is 0 Å². The summed E-state index contributed by atoms with van der Waals surface area (Å²) in [4.78, 5) is 20.1. The van der Waals surface area contributed by atoms with Crippen molar-refractivity contribution in [1.29, 1.82) is 0 Å². The van der Waals surface area contributed by atoms with Gasteiger partial charge in [-0.05, 0) is 49.6 Å². The fraction of sp³-hybridized carbons (Fsp3) is 0.812. The van der Waals surface area contributed by atoms with Gasteiger partial charge in [-0.15, -0.1) is 0 Å². The first-order valence-electron chi connectivity index (χ1n) is 15.8. The molecule has 6 heteroatoms. The van der Waals surface area contributed by atoms with Crippen molar-refractivity contribution in [3.63, 3.8) is 0 Å². The minimum atomic E-state index is -3.33. The number of hydrogen-bond acceptors (Lipinski definition) is 3. The van der Waals surface area contributed by atoms with Crippen LogP contribution in [0.25, 0.3) is 0 Å². The summed E-state index contributed by atoms with van der Waals surface area (Å²) < 4.78 is 6.69. The molecule has 0 unspecified atom stereocenters. The van der Waals surface area contributed by atoms with E-state index in [-0.39, 0.29) is 0 Å². The van der Waals surface area contributed by atoms with Gasteiger partial charge in [-0.25, -0.2) is 0 Å². The van der Waals surface area contributed by atoms with Gasteiger partial charge in [0.05, 0.1) is 0 Å².